The molecule has 1 aliphatic rings. The number of nitrogens with one attached hydrogen (secondary N) is 1. The molecule has 2 aromatic rings. The molecule has 3 rings (SSSR count). The van der Waals surface area contributed by atoms with Crippen LogP contribution in [-0.4, -0.2) is 50.5 Å². The Labute approximate surface area is 171 Å². The van der Waals surface area contributed by atoms with Crippen LogP contribution in [0.25, 0.3) is 0 Å². The first-order chi connectivity index (χ1) is 13.8. The second-order valence-electron chi connectivity index (χ2n) is 7.13. The molecule has 2 unspecified atom stereocenters. The SMILES string of the molecule is CC1CN(S(=O)(=O)c2ccc(NC(=O)COCc3ccccc3)cc2)CC(C)O1. The topological polar surface area (TPSA) is 84.9 Å². The average Bonchev–Trinajstić information content (AvgIpc) is 2.68. The molecule has 0 saturated carbocycles. The zero-order chi connectivity index (χ0) is 20.9. The maximum atomic E-state index is 12.9. The molecular weight excluding hydrogens is 392 g/mol. The largest absolute Gasteiger partial charge is 0.373 e. The van der Waals surface area contributed by atoms with Gasteiger partial charge >= 0.3 is 0 Å². The number of anilines is 1. The Hall–Kier alpha value is -2.26. The van der Waals surface area contributed by atoms with Gasteiger partial charge in [0.25, 0.3) is 0 Å². The van der Waals surface area contributed by atoms with Crippen molar-refractivity contribution in [3.63, 3.8) is 0 Å². The van der Waals surface area contributed by atoms with Crippen LogP contribution in [0.1, 0.15) is 19.4 Å². The van der Waals surface area contributed by atoms with Crippen LogP contribution in [0, 0.1) is 0 Å². The van der Waals surface area contributed by atoms with Gasteiger partial charge in [-0.15, -0.1) is 0 Å². The van der Waals surface area contributed by atoms with Crippen LogP contribution in [0.5, 0.6) is 0 Å². The van der Waals surface area contributed by atoms with Gasteiger partial charge in [-0.25, -0.2) is 8.42 Å². The highest BCUT2D eigenvalue weighted by molar-refractivity contribution is 7.89. The van der Waals surface area contributed by atoms with Gasteiger partial charge in [-0.2, -0.15) is 4.31 Å². The number of nitrogens with zero attached hydrogens (tertiary/aromatic N) is 1. The lowest BCUT2D eigenvalue weighted by Crippen LogP contribution is -2.48. The minimum absolute atomic E-state index is 0.0848. The number of hydrogen-bond donors (Lipinski definition) is 1. The molecule has 1 heterocycles. The molecule has 1 fully saturated rings. The van der Waals surface area contributed by atoms with Crippen molar-refractivity contribution in [1.82, 2.24) is 4.31 Å². The predicted octanol–water partition coefficient (Wildman–Crippen LogP) is 2.64. The summed E-state index contributed by atoms with van der Waals surface area (Å²) in [6.07, 6.45) is -0.300. The second kappa shape index (κ2) is 9.49. The van der Waals surface area contributed by atoms with Gasteiger partial charge in [-0.05, 0) is 43.7 Å². The van der Waals surface area contributed by atoms with Gasteiger partial charge in [-0.1, -0.05) is 30.3 Å². The Kier molecular flexibility index (Phi) is 7.02. The first kappa shape index (κ1) is 21.4. The number of rotatable bonds is 7. The van der Waals surface area contributed by atoms with Gasteiger partial charge in [0.15, 0.2) is 0 Å². The Morgan fingerprint density at radius 3 is 2.31 bits per heavy atom. The highest BCUT2D eigenvalue weighted by Gasteiger charge is 2.32. The smallest absolute Gasteiger partial charge is 0.250 e. The molecule has 0 aromatic heterocycles. The number of amides is 1. The first-order valence-corrected chi connectivity index (χ1v) is 11.0. The van der Waals surface area contributed by atoms with Crippen LogP contribution in [0.2, 0.25) is 0 Å². The van der Waals surface area contributed by atoms with E-state index in [2.05, 4.69) is 5.32 Å². The number of hydrogen-bond acceptors (Lipinski definition) is 5. The van der Waals surface area contributed by atoms with Crippen molar-refractivity contribution in [2.24, 2.45) is 0 Å². The predicted molar refractivity (Wildman–Crippen MR) is 110 cm³/mol. The molecule has 8 heteroatoms. The lowest BCUT2D eigenvalue weighted by atomic mass is 10.2. The average molecular weight is 419 g/mol. The lowest BCUT2D eigenvalue weighted by molar-refractivity contribution is -0.121. The molecule has 2 atom stereocenters. The van der Waals surface area contributed by atoms with Gasteiger partial charge in [-0.3, -0.25) is 4.79 Å². The maximum absolute atomic E-state index is 12.9. The minimum Gasteiger partial charge on any atom is -0.373 e. The molecule has 2 aromatic carbocycles. The van der Waals surface area contributed by atoms with Crippen LogP contribution in [-0.2, 0) is 30.9 Å². The molecule has 29 heavy (non-hydrogen) atoms. The summed E-state index contributed by atoms with van der Waals surface area (Å²) in [4.78, 5) is 12.2. The number of carbonyl (C=O) groups is 1. The summed E-state index contributed by atoms with van der Waals surface area (Å²) in [6, 6.07) is 15.7. The number of morpholine rings is 1. The van der Waals surface area contributed by atoms with E-state index in [1.165, 1.54) is 16.4 Å². The molecule has 0 spiro atoms. The van der Waals surface area contributed by atoms with Crippen molar-refractivity contribution in [2.45, 2.75) is 37.6 Å². The molecule has 1 N–H and O–H groups in total. The monoisotopic (exact) mass is 418 g/mol. The molecule has 0 aliphatic carbocycles. The second-order valence-corrected chi connectivity index (χ2v) is 9.07. The van der Waals surface area contributed by atoms with Crippen LogP contribution in [0.4, 0.5) is 5.69 Å². The summed E-state index contributed by atoms with van der Waals surface area (Å²) in [7, 11) is -3.60. The van der Waals surface area contributed by atoms with E-state index in [0.29, 0.717) is 25.4 Å². The van der Waals surface area contributed by atoms with Crippen molar-refractivity contribution in [3.05, 3.63) is 60.2 Å². The molecule has 7 nitrogen and oxygen atoms in total. The molecule has 0 radical (unpaired) electrons. The molecule has 0 bridgehead atoms. The van der Waals surface area contributed by atoms with Crippen LogP contribution >= 0.6 is 0 Å². The van der Waals surface area contributed by atoms with E-state index in [1.807, 2.05) is 44.2 Å². The van der Waals surface area contributed by atoms with Crippen molar-refractivity contribution in [3.8, 4) is 0 Å². The highest BCUT2D eigenvalue weighted by atomic mass is 32.2. The fourth-order valence-corrected chi connectivity index (χ4v) is 4.81. The Bertz CT molecular complexity index is 906. The van der Waals surface area contributed by atoms with Gasteiger partial charge in [0, 0.05) is 18.8 Å². The fraction of sp³-hybridized carbons (Fsp3) is 0.381. The van der Waals surface area contributed by atoms with E-state index in [4.69, 9.17) is 9.47 Å². The van der Waals surface area contributed by atoms with Crippen molar-refractivity contribution >= 4 is 21.6 Å². The van der Waals surface area contributed by atoms with Gasteiger partial charge in [0.05, 0.1) is 23.7 Å². The van der Waals surface area contributed by atoms with E-state index in [9.17, 15) is 13.2 Å². The lowest BCUT2D eigenvalue weighted by Gasteiger charge is -2.34. The summed E-state index contributed by atoms with van der Waals surface area (Å²) in [6.45, 7) is 4.63. The molecule has 1 amide bonds. The van der Waals surface area contributed by atoms with Crippen LogP contribution < -0.4 is 5.32 Å². The Morgan fingerprint density at radius 2 is 1.69 bits per heavy atom. The van der Waals surface area contributed by atoms with E-state index in [1.54, 1.807) is 12.1 Å². The van der Waals surface area contributed by atoms with E-state index in [0.717, 1.165) is 5.56 Å². The normalized spacial score (nSPS) is 20.3. The van der Waals surface area contributed by atoms with E-state index in [-0.39, 0.29) is 29.6 Å². The molecule has 1 aliphatic heterocycles. The van der Waals surface area contributed by atoms with Crippen LogP contribution in [0.15, 0.2) is 59.5 Å². The van der Waals surface area contributed by atoms with Gasteiger partial charge in [0.1, 0.15) is 6.61 Å². The summed E-state index contributed by atoms with van der Waals surface area (Å²) < 4.78 is 38.2. The zero-order valence-corrected chi connectivity index (χ0v) is 17.4. The van der Waals surface area contributed by atoms with Crippen LogP contribution in [0.3, 0.4) is 0 Å². The third kappa shape index (κ3) is 5.86. The van der Waals surface area contributed by atoms with Crippen molar-refractivity contribution < 1.29 is 22.7 Å². The quantitative estimate of drug-likeness (QED) is 0.747. The third-order valence-electron chi connectivity index (χ3n) is 4.51. The van der Waals surface area contributed by atoms with Gasteiger partial charge < -0.3 is 14.8 Å². The van der Waals surface area contributed by atoms with E-state index < -0.39 is 10.0 Å². The number of benzene rings is 2. The Balaban J connectivity index is 1.54. The van der Waals surface area contributed by atoms with Gasteiger partial charge in [0.2, 0.25) is 15.9 Å². The number of ether oxygens (including phenoxy) is 2. The fourth-order valence-electron chi connectivity index (χ4n) is 3.22. The molecular formula is C21H26N2O5S. The zero-order valence-electron chi connectivity index (χ0n) is 16.6. The summed E-state index contributed by atoms with van der Waals surface area (Å²) in [5, 5.41) is 2.71. The van der Waals surface area contributed by atoms with Crippen molar-refractivity contribution in [2.75, 3.05) is 25.0 Å². The third-order valence-corrected chi connectivity index (χ3v) is 6.35. The number of sulfonamides is 1. The summed E-state index contributed by atoms with van der Waals surface area (Å²) in [5.74, 6) is -0.299. The highest BCUT2D eigenvalue weighted by Crippen LogP contribution is 2.22. The minimum atomic E-state index is -3.60. The maximum Gasteiger partial charge on any atom is 0.250 e. The summed E-state index contributed by atoms with van der Waals surface area (Å²) >= 11 is 0. The number of carbonyl (C=O) groups excluding carboxylic acids is 1. The standard InChI is InChI=1S/C21H26N2O5S/c1-16-12-23(13-17(2)28-16)29(25,26)20-10-8-19(9-11-20)22-21(24)15-27-14-18-6-4-3-5-7-18/h3-11,16-17H,12-15H2,1-2H3,(H,22,24). The Morgan fingerprint density at radius 1 is 1.07 bits per heavy atom. The van der Waals surface area contributed by atoms with E-state index >= 15 is 0 Å². The first-order valence-electron chi connectivity index (χ1n) is 9.52. The molecule has 156 valence electrons. The summed E-state index contributed by atoms with van der Waals surface area (Å²) in [5.41, 5.74) is 1.50. The molecule has 1 saturated heterocycles. The van der Waals surface area contributed by atoms with Crippen molar-refractivity contribution in [1.29, 1.82) is 0 Å².